The number of hydrogen-bond donors (Lipinski definition) is 1. The third-order valence-electron chi connectivity index (χ3n) is 2.81. The summed E-state index contributed by atoms with van der Waals surface area (Å²) in [5, 5.41) is 7.82. The van der Waals surface area contributed by atoms with E-state index in [4.69, 9.17) is 0 Å². The molecule has 12 heavy (non-hydrogen) atoms. The summed E-state index contributed by atoms with van der Waals surface area (Å²) < 4.78 is 0. The summed E-state index contributed by atoms with van der Waals surface area (Å²) in [6, 6.07) is 2.84. The van der Waals surface area contributed by atoms with E-state index >= 15 is 0 Å². The molecule has 66 valence electrons. The number of hydrogen-bond acceptors (Lipinski definition) is 2. The first kappa shape index (κ1) is 8.27. The van der Waals surface area contributed by atoms with Crippen molar-refractivity contribution in [1.29, 1.82) is 0 Å². The van der Waals surface area contributed by atoms with E-state index in [1.165, 1.54) is 12.0 Å². The Morgan fingerprint density at radius 3 is 2.83 bits per heavy atom. The lowest BCUT2D eigenvalue weighted by molar-refractivity contribution is 0.505. The Morgan fingerprint density at radius 2 is 2.42 bits per heavy atom. The molecular weight excluding hydrogens is 166 g/mol. The molecule has 0 aliphatic heterocycles. The normalized spacial score (nSPS) is 30.2. The summed E-state index contributed by atoms with van der Waals surface area (Å²) in [7, 11) is 2.06. The molecule has 3 unspecified atom stereocenters. The zero-order valence-corrected chi connectivity index (χ0v) is 8.40. The minimum atomic E-state index is 0.603. The maximum atomic E-state index is 3.40. The molecule has 1 nitrogen and oxygen atoms in total. The average molecular weight is 181 g/mol. The first-order valence-corrected chi connectivity index (χ1v) is 5.46. The summed E-state index contributed by atoms with van der Waals surface area (Å²) in [5.74, 6) is 1.80. The molecule has 1 aromatic heterocycles. The van der Waals surface area contributed by atoms with Gasteiger partial charge in [0.1, 0.15) is 0 Å². The lowest BCUT2D eigenvalue weighted by atomic mass is 10.1. The molecule has 0 amide bonds. The first-order chi connectivity index (χ1) is 5.83. The van der Waals surface area contributed by atoms with Crippen LogP contribution in [0.15, 0.2) is 16.8 Å². The third-order valence-corrected chi connectivity index (χ3v) is 3.51. The van der Waals surface area contributed by atoms with Gasteiger partial charge in [-0.25, -0.2) is 0 Å². The zero-order valence-electron chi connectivity index (χ0n) is 7.58. The van der Waals surface area contributed by atoms with Crippen LogP contribution in [-0.4, -0.2) is 7.05 Å². The van der Waals surface area contributed by atoms with Crippen LogP contribution in [0.3, 0.4) is 0 Å². The smallest absolute Gasteiger partial charge is 0.0357 e. The Labute approximate surface area is 77.8 Å². The quantitative estimate of drug-likeness (QED) is 0.756. The molecule has 0 bridgehead atoms. The van der Waals surface area contributed by atoms with Crippen molar-refractivity contribution < 1.29 is 0 Å². The number of rotatable bonds is 3. The number of nitrogens with one attached hydrogen (secondary N) is 1. The van der Waals surface area contributed by atoms with Crippen molar-refractivity contribution in [3.63, 3.8) is 0 Å². The summed E-state index contributed by atoms with van der Waals surface area (Å²) in [4.78, 5) is 0. The van der Waals surface area contributed by atoms with Crippen molar-refractivity contribution in [2.45, 2.75) is 19.4 Å². The molecule has 3 atom stereocenters. The largest absolute Gasteiger partial charge is 0.313 e. The van der Waals surface area contributed by atoms with Gasteiger partial charge in [-0.2, -0.15) is 11.3 Å². The predicted octanol–water partition coefficient (Wildman–Crippen LogP) is 2.66. The van der Waals surface area contributed by atoms with Gasteiger partial charge in [0.15, 0.2) is 0 Å². The van der Waals surface area contributed by atoms with E-state index in [2.05, 4.69) is 36.1 Å². The van der Waals surface area contributed by atoms with Crippen LogP contribution >= 0.6 is 11.3 Å². The highest BCUT2D eigenvalue weighted by molar-refractivity contribution is 7.07. The Hall–Kier alpha value is -0.340. The minimum Gasteiger partial charge on any atom is -0.313 e. The SMILES string of the molecule is CNC(c1ccsc1)C1CC1C. The van der Waals surface area contributed by atoms with Gasteiger partial charge in [0, 0.05) is 6.04 Å². The van der Waals surface area contributed by atoms with Gasteiger partial charge in [-0.3, -0.25) is 0 Å². The maximum Gasteiger partial charge on any atom is 0.0357 e. The van der Waals surface area contributed by atoms with Gasteiger partial charge in [-0.05, 0) is 47.7 Å². The van der Waals surface area contributed by atoms with Crippen molar-refractivity contribution in [3.8, 4) is 0 Å². The molecule has 0 saturated heterocycles. The van der Waals surface area contributed by atoms with E-state index in [9.17, 15) is 0 Å². The second-order valence-corrected chi connectivity index (χ2v) is 4.48. The molecule has 1 aromatic rings. The maximum absolute atomic E-state index is 3.40. The highest BCUT2D eigenvalue weighted by Gasteiger charge is 2.39. The molecule has 0 spiro atoms. The second-order valence-electron chi connectivity index (χ2n) is 3.70. The van der Waals surface area contributed by atoms with Crippen LogP contribution in [0, 0.1) is 11.8 Å². The summed E-state index contributed by atoms with van der Waals surface area (Å²) in [5.41, 5.74) is 1.47. The van der Waals surface area contributed by atoms with Crippen molar-refractivity contribution in [3.05, 3.63) is 22.4 Å². The summed E-state index contributed by atoms with van der Waals surface area (Å²) in [6.45, 7) is 2.33. The van der Waals surface area contributed by atoms with Crippen LogP contribution in [0.5, 0.6) is 0 Å². The molecule has 0 radical (unpaired) electrons. The van der Waals surface area contributed by atoms with Crippen LogP contribution in [0.4, 0.5) is 0 Å². The van der Waals surface area contributed by atoms with Gasteiger partial charge in [-0.1, -0.05) is 6.92 Å². The van der Waals surface area contributed by atoms with Crippen molar-refractivity contribution in [2.75, 3.05) is 7.05 Å². The van der Waals surface area contributed by atoms with E-state index in [0.717, 1.165) is 11.8 Å². The molecule has 1 saturated carbocycles. The Balaban J connectivity index is 2.09. The predicted molar refractivity (Wildman–Crippen MR) is 53.4 cm³/mol. The number of thiophene rings is 1. The van der Waals surface area contributed by atoms with Gasteiger partial charge >= 0.3 is 0 Å². The van der Waals surface area contributed by atoms with Gasteiger partial charge in [-0.15, -0.1) is 0 Å². The molecule has 1 aliphatic rings. The second kappa shape index (κ2) is 3.19. The van der Waals surface area contributed by atoms with E-state index < -0.39 is 0 Å². The van der Waals surface area contributed by atoms with Crippen LogP contribution in [-0.2, 0) is 0 Å². The minimum absolute atomic E-state index is 0.603. The molecule has 1 N–H and O–H groups in total. The summed E-state index contributed by atoms with van der Waals surface area (Å²) >= 11 is 1.79. The van der Waals surface area contributed by atoms with Crippen LogP contribution < -0.4 is 5.32 Å². The van der Waals surface area contributed by atoms with E-state index in [-0.39, 0.29) is 0 Å². The molecular formula is C10H15NS. The van der Waals surface area contributed by atoms with Crippen LogP contribution in [0.2, 0.25) is 0 Å². The lowest BCUT2D eigenvalue weighted by Crippen LogP contribution is -2.18. The van der Waals surface area contributed by atoms with Gasteiger partial charge in [0.05, 0.1) is 0 Å². The van der Waals surface area contributed by atoms with E-state index in [0.29, 0.717) is 6.04 Å². The highest BCUT2D eigenvalue weighted by Crippen LogP contribution is 2.46. The van der Waals surface area contributed by atoms with Gasteiger partial charge in [0.2, 0.25) is 0 Å². The fraction of sp³-hybridized carbons (Fsp3) is 0.600. The fourth-order valence-corrected chi connectivity index (χ4v) is 2.59. The monoisotopic (exact) mass is 181 g/mol. The van der Waals surface area contributed by atoms with Crippen LogP contribution in [0.1, 0.15) is 24.9 Å². The van der Waals surface area contributed by atoms with Crippen molar-refractivity contribution >= 4 is 11.3 Å². The molecule has 2 heteroatoms. The van der Waals surface area contributed by atoms with Gasteiger partial charge < -0.3 is 5.32 Å². The molecule has 1 fully saturated rings. The zero-order chi connectivity index (χ0) is 8.55. The van der Waals surface area contributed by atoms with Crippen LogP contribution in [0.25, 0.3) is 0 Å². The van der Waals surface area contributed by atoms with E-state index in [1.807, 2.05) is 0 Å². The Kier molecular flexibility index (Phi) is 2.20. The fourth-order valence-electron chi connectivity index (χ4n) is 1.90. The molecule has 1 aliphatic carbocycles. The standard InChI is InChI=1S/C10H15NS/c1-7-5-9(7)10(11-2)8-3-4-12-6-8/h3-4,6-7,9-11H,5H2,1-2H3. The highest BCUT2D eigenvalue weighted by atomic mass is 32.1. The lowest BCUT2D eigenvalue weighted by Gasteiger charge is -2.13. The van der Waals surface area contributed by atoms with Gasteiger partial charge in [0.25, 0.3) is 0 Å². The Morgan fingerprint density at radius 1 is 1.67 bits per heavy atom. The molecule has 2 rings (SSSR count). The molecule has 0 aromatic carbocycles. The summed E-state index contributed by atoms with van der Waals surface area (Å²) in [6.07, 6.45) is 1.39. The average Bonchev–Trinajstić information content (AvgIpc) is 2.60. The Bertz CT molecular complexity index is 242. The third kappa shape index (κ3) is 1.41. The van der Waals surface area contributed by atoms with Crippen molar-refractivity contribution in [1.82, 2.24) is 5.32 Å². The molecule has 1 heterocycles. The topological polar surface area (TPSA) is 12.0 Å². The van der Waals surface area contributed by atoms with E-state index in [1.54, 1.807) is 11.3 Å². The van der Waals surface area contributed by atoms with Crippen molar-refractivity contribution in [2.24, 2.45) is 11.8 Å². The first-order valence-electron chi connectivity index (χ1n) is 4.52.